The smallest absolute Gasteiger partial charge is 0.253 e. The summed E-state index contributed by atoms with van der Waals surface area (Å²) in [5.74, 6) is 1.36. The summed E-state index contributed by atoms with van der Waals surface area (Å²) >= 11 is 3.08. The Balaban J connectivity index is 1.75. The number of H-pyrrole nitrogens is 1. The van der Waals surface area contributed by atoms with Gasteiger partial charge in [0.2, 0.25) is 5.16 Å². The number of rotatable bonds is 3. The SMILES string of the molecule is Cc1nc2ncnn2c(Sc2n[nH]c(-c3cccs3)n2)c1C. The van der Waals surface area contributed by atoms with Gasteiger partial charge in [-0.2, -0.15) is 14.6 Å². The number of aryl methyl sites for hydroxylation is 1. The third-order valence-corrected chi connectivity index (χ3v) is 5.17. The normalized spacial score (nSPS) is 11.4. The molecular formula is C13H11N7S2. The Labute approximate surface area is 133 Å². The van der Waals surface area contributed by atoms with Crippen LogP contribution < -0.4 is 0 Å². The van der Waals surface area contributed by atoms with Crippen molar-refractivity contribution in [2.75, 3.05) is 0 Å². The summed E-state index contributed by atoms with van der Waals surface area (Å²) in [7, 11) is 0. The molecule has 4 rings (SSSR count). The summed E-state index contributed by atoms with van der Waals surface area (Å²) < 4.78 is 1.72. The second-order valence-electron chi connectivity index (χ2n) is 4.65. The lowest BCUT2D eigenvalue weighted by molar-refractivity contribution is 0.810. The minimum absolute atomic E-state index is 0.583. The van der Waals surface area contributed by atoms with Crippen LogP contribution >= 0.6 is 23.1 Å². The molecule has 0 spiro atoms. The lowest BCUT2D eigenvalue weighted by atomic mass is 10.3. The van der Waals surface area contributed by atoms with Crippen LogP contribution in [0.2, 0.25) is 0 Å². The fraction of sp³-hybridized carbons (Fsp3) is 0.154. The maximum atomic E-state index is 4.53. The molecule has 4 aromatic rings. The highest BCUT2D eigenvalue weighted by molar-refractivity contribution is 7.99. The maximum Gasteiger partial charge on any atom is 0.253 e. The van der Waals surface area contributed by atoms with Crippen molar-refractivity contribution in [2.24, 2.45) is 0 Å². The van der Waals surface area contributed by atoms with E-state index in [1.54, 1.807) is 15.9 Å². The van der Waals surface area contributed by atoms with Gasteiger partial charge in [0, 0.05) is 11.3 Å². The standard InChI is InChI=1S/C13H11N7S2/c1-7-8(2)16-12-14-6-15-20(12)11(7)22-13-17-10(18-19-13)9-4-3-5-21-9/h3-6H,1-2H3,(H,17,18,19). The molecule has 7 nitrogen and oxygen atoms in total. The van der Waals surface area contributed by atoms with E-state index in [0.29, 0.717) is 10.9 Å². The molecule has 4 aromatic heterocycles. The fourth-order valence-electron chi connectivity index (χ4n) is 2.02. The number of nitrogens with zero attached hydrogens (tertiary/aromatic N) is 6. The Morgan fingerprint density at radius 2 is 2.18 bits per heavy atom. The van der Waals surface area contributed by atoms with Crippen molar-refractivity contribution in [3.63, 3.8) is 0 Å². The van der Waals surface area contributed by atoms with Crippen LogP contribution in [0.1, 0.15) is 11.3 Å². The van der Waals surface area contributed by atoms with E-state index in [9.17, 15) is 0 Å². The van der Waals surface area contributed by atoms with Crippen LogP contribution in [0.5, 0.6) is 0 Å². The lowest BCUT2D eigenvalue weighted by Crippen LogP contribution is -2.02. The Bertz CT molecular complexity index is 939. The predicted octanol–water partition coefficient (Wildman–Crippen LogP) is 2.74. The number of nitrogens with one attached hydrogen (secondary N) is 1. The van der Waals surface area contributed by atoms with Crippen molar-refractivity contribution in [1.82, 2.24) is 34.8 Å². The van der Waals surface area contributed by atoms with Crippen LogP contribution in [-0.4, -0.2) is 34.8 Å². The van der Waals surface area contributed by atoms with Crippen LogP contribution in [0.3, 0.4) is 0 Å². The summed E-state index contributed by atoms with van der Waals surface area (Å²) in [6, 6.07) is 4.00. The molecule has 22 heavy (non-hydrogen) atoms. The Morgan fingerprint density at radius 1 is 1.27 bits per heavy atom. The van der Waals surface area contributed by atoms with Gasteiger partial charge < -0.3 is 0 Å². The molecule has 0 aliphatic heterocycles. The molecule has 1 N–H and O–H groups in total. The average molecular weight is 329 g/mol. The summed E-state index contributed by atoms with van der Waals surface area (Å²) in [6.07, 6.45) is 1.50. The van der Waals surface area contributed by atoms with Crippen LogP contribution in [0.15, 0.2) is 34.0 Å². The van der Waals surface area contributed by atoms with Crippen molar-refractivity contribution < 1.29 is 0 Å². The molecule has 0 saturated carbocycles. The van der Waals surface area contributed by atoms with E-state index in [2.05, 4.69) is 30.2 Å². The highest BCUT2D eigenvalue weighted by Crippen LogP contribution is 2.30. The van der Waals surface area contributed by atoms with Gasteiger partial charge in [0.05, 0.1) is 4.88 Å². The van der Waals surface area contributed by atoms with Gasteiger partial charge >= 0.3 is 0 Å². The Morgan fingerprint density at radius 3 is 3.00 bits per heavy atom. The second kappa shape index (κ2) is 5.18. The molecule has 9 heteroatoms. The first kappa shape index (κ1) is 13.4. The monoisotopic (exact) mass is 329 g/mol. The third kappa shape index (κ3) is 2.18. The van der Waals surface area contributed by atoms with Gasteiger partial charge in [0.25, 0.3) is 5.78 Å². The van der Waals surface area contributed by atoms with Crippen molar-refractivity contribution in [1.29, 1.82) is 0 Å². The highest BCUT2D eigenvalue weighted by Gasteiger charge is 2.15. The number of aromatic nitrogens is 7. The zero-order chi connectivity index (χ0) is 15.1. The minimum atomic E-state index is 0.583. The molecule has 0 atom stereocenters. The molecule has 0 radical (unpaired) electrons. The first-order chi connectivity index (χ1) is 10.7. The number of fused-ring (bicyclic) bond motifs is 1. The molecule has 0 fully saturated rings. The molecule has 0 bridgehead atoms. The van der Waals surface area contributed by atoms with E-state index in [1.165, 1.54) is 18.1 Å². The van der Waals surface area contributed by atoms with Gasteiger partial charge in [-0.25, -0.2) is 9.97 Å². The van der Waals surface area contributed by atoms with Gasteiger partial charge in [-0.05, 0) is 37.1 Å². The number of hydrogen-bond donors (Lipinski definition) is 1. The maximum absolute atomic E-state index is 4.53. The summed E-state index contributed by atoms with van der Waals surface area (Å²) in [5.41, 5.74) is 1.97. The highest BCUT2D eigenvalue weighted by atomic mass is 32.2. The molecular weight excluding hydrogens is 318 g/mol. The van der Waals surface area contributed by atoms with Crippen LogP contribution in [0.4, 0.5) is 0 Å². The molecule has 0 saturated heterocycles. The van der Waals surface area contributed by atoms with Gasteiger partial charge in [-0.1, -0.05) is 6.07 Å². The molecule has 0 unspecified atom stereocenters. The van der Waals surface area contributed by atoms with E-state index in [4.69, 9.17) is 0 Å². The van der Waals surface area contributed by atoms with Crippen molar-refractivity contribution in [3.8, 4) is 10.7 Å². The van der Waals surface area contributed by atoms with Crippen LogP contribution in [0.25, 0.3) is 16.5 Å². The van der Waals surface area contributed by atoms with Crippen LogP contribution in [0, 0.1) is 13.8 Å². The van der Waals surface area contributed by atoms with E-state index in [0.717, 1.165) is 27.0 Å². The zero-order valence-electron chi connectivity index (χ0n) is 11.8. The first-order valence-corrected chi connectivity index (χ1v) is 8.23. The van der Waals surface area contributed by atoms with Crippen molar-refractivity contribution in [2.45, 2.75) is 24.0 Å². The molecule has 0 aliphatic carbocycles. The topological polar surface area (TPSA) is 84.6 Å². The van der Waals surface area contributed by atoms with Gasteiger partial charge in [-0.3, -0.25) is 5.10 Å². The fourth-order valence-corrected chi connectivity index (χ4v) is 3.61. The third-order valence-electron chi connectivity index (χ3n) is 3.26. The minimum Gasteiger partial charge on any atom is -0.257 e. The van der Waals surface area contributed by atoms with Crippen molar-refractivity contribution >= 4 is 28.9 Å². The Hall–Kier alpha value is -2.26. The first-order valence-electron chi connectivity index (χ1n) is 6.53. The molecule has 0 amide bonds. The van der Waals surface area contributed by atoms with Gasteiger partial charge in [-0.15, -0.1) is 16.4 Å². The zero-order valence-corrected chi connectivity index (χ0v) is 13.4. The van der Waals surface area contributed by atoms with Gasteiger partial charge in [0.1, 0.15) is 11.4 Å². The summed E-state index contributed by atoms with van der Waals surface area (Å²) in [4.78, 5) is 14.2. The van der Waals surface area contributed by atoms with E-state index < -0.39 is 0 Å². The second-order valence-corrected chi connectivity index (χ2v) is 6.55. The quantitative estimate of drug-likeness (QED) is 0.582. The number of aromatic amines is 1. The Kier molecular flexibility index (Phi) is 3.16. The lowest BCUT2D eigenvalue weighted by Gasteiger charge is -2.07. The molecule has 110 valence electrons. The van der Waals surface area contributed by atoms with Gasteiger partial charge in [0.15, 0.2) is 5.82 Å². The summed E-state index contributed by atoms with van der Waals surface area (Å²) in [5, 5.41) is 15.1. The number of hydrogen-bond acceptors (Lipinski definition) is 7. The number of thiophene rings is 1. The largest absolute Gasteiger partial charge is 0.257 e. The molecule has 4 heterocycles. The molecule has 0 aromatic carbocycles. The summed E-state index contributed by atoms with van der Waals surface area (Å²) in [6.45, 7) is 3.97. The predicted molar refractivity (Wildman–Crippen MR) is 84.1 cm³/mol. The van der Waals surface area contributed by atoms with E-state index >= 15 is 0 Å². The van der Waals surface area contributed by atoms with Crippen LogP contribution in [-0.2, 0) is 0 Å². The van der Waals surface area contributed by atoms with E-state index in [-0.39, 0.29) is 0 Å². The molecule has 0 aliphatic rings. The van der Waals surface area contributed by atoms with Crippen molar-refractivity contribution in [3.05, 3.63) is 35.1 Å². The average Bonchev–Trinajstić information content (AvgIpc) is 3.23. The van der Waals surface area contributed by atoms with E-state index in [1.807, 2.05) is 31.4 Å².